The topological polar surface area (TPSA) is 138 Å². The molecule has 2 heterocycles. The molecule has 1 aromatic rings. The Labute approximate surface area is 185 Å². The molecule has 0 saturated heterocycles. The lowest BCUT2D eigenvalue weighted by Gasteiger charge is -2.28. The number of hydrogen-bond acceptors (Lipinski definition) is 7. The average molecular weight is 434 g/mol. The maximum Gasteiger partial charge on any atom is 0.307 e. The van der Waals surface area contributed by atoms with Gasteiger partial charge in [-0.05, 0) is 42.9 Å². The number of amides is 1. The van der Waals surface area contributed by atoms with E-state index in [1.807, 2.05) is 0 Å². The second-order valence-electron chi connectivity index (χ2n) is 7.57. The maximum atomic E-state index is 13.0. The molecule has 1 fully saturated rings. The van der Waals surface area contributed by atoms with E-state index in [2.05, 4.69) is 22.1 Å². The molecule has 164 valence electrons. The first-order valence-corrected chi connectivity index (χ1v) is 10.3. The molecule has 10 nitrogen and oxygen atoms in total. The molecule has 3 rings (SSSR count). The number of nitriles is 2. The summed E-state index contributed by atoms with van der Waals surface area (Å²) >= 11 is 0. The number of rotatable bonds is 8. The summed E-state index contributed by atoms with van der Waals surface area (Å²) in [6, 6.07) is 7.24. The van der Waals surface area contributed by atoms with Crippen molar-refractivity contribution in [2.24, 2.45) is 11.0 Å². The van der Waals surface area contributed by atoms with Gasteiger partial charge in [0, 0.05) is 19.2 Å². The molecule has 1 aliphatic carbocycles. The lowest BCUT2D eigenvalue weighted by Crippen LogP contribution is -2.37. The number of carbonyl (C=O) groups excluding carboxylic acids is 1. The summed E-state index contributed by atoms with van der Waals surface area (Å²) in [6.07, 6.45) is 3.98. The minimum absolute atomic E-state index is 0.0286. The molecular weight excluding hydrogens is 412 g/mol. The van der Waals surface area contributed by atoms with Crippen LogP contribution in [-0.4, -0.2) is 47.0 Å². The van der Waals surface area contributed by atoms with Crippen LogP contribution in [0, 0.1) is 35.2 Å². The number of anilines is 1. The third-order valence-electron chi connectivity index (χ3n) is 5.58. The Morgan fingerprint density at radius 1 is 1.28 bits per heavy atom. The molecule has 32 heavy (non-hydrogen) atoms. The molecule has 0 unspecified atom stereocenters. The summed E-state index contributed by atoms with van der Waals surface area (Å²) in [6.45, 7) is 8.21. The molecule has 1 amide bonds. The van der Waals surface area contributed by atoms with Gasteiger partial charge in [-0.15, -0.1) is 5.01 Å². The van der Waals surface area contributed by atoms with Gasteiger partial charge in [0.25, 0.3) is 5.91 Å². The molecule has 2 aliphatic rings. The van der Waals surface area contributed by atoms with E-state index in [0.717, 1.165) is 0 Å². The fourth-order valence-electron chi connectivity index (χ4n) is 3.88. The van der Waals surface area contributed by atoms with Crippen LogP contribution in [0.3, 0.4) is 0 Å². The van der Waals surface area contributed by atoms with Gasteiger partial charge in [-0.25, -0.2) is 0 Å². The smallest absolute Gasteiger partial charge is 0.307 e. The second-order valence-corrected chi connectivity index (χ2v) is 7.57. The van der Waals surface area contributed by atoms with E-state index in [1.165, 1.54) is 11.1 Å². The predicted molar refractivity (Wildman–Crippen MR) is 114 cm³/mol. The molecular formula is C22H22N6O4. The SMILES string of the molecule is [C-]#[N+]C1=NN(C2CCC(C(=O)O)CC2)C(=O)C1=Cc1ccc(N(CCC#N)CCC#N)o1. The molecule has 0 aromatic carbocycles. The van der Waals surface area contributed by atoms with E-state index in [1.54, 1.807) is 17.0 Å². The number of nitrogens with zero attached hydrogens (tertiary/aromatic N) is 6. The van der Waals surface area contributed by atoms with E-state index in [0.29, 0.717) is 50.4 Å². The predicted octanol–water partition coefficient (Wildman–Crippen LogP) is 3.02. The third-order valence-corrected chi connectivity index (χ3v) is 5.58. The summed E-state index contributed by atoms with van der Waals surface area (Å²) in [7, 11) is 0. The van der Waals surface area contributed by atoms with Gasteiger partial charge in [-0.3, -0.25) is 9.59 Å². The van der Waals surface area contributed by atoms with Crippen LogP contribution in [0.25, 0.3) is 10.9 Å². The molecule has 0 spiro atoms. The average Bonchev–Trinajstić information content (AvgIpc) is 3.39. The van der Waals surface area contributed by atoms with Crippen molar-refractivity contribution in [3.05, 3.63) is 34.9 Å². The van der Waals surface area contributed by atoms with Crippen LogP contribution in [0.15, 0.2) is 27.2 Å². The van der Waals surface area contributed by atoms with Crippen LogP contribution < -0.4 is 4.90 Å². The number of hydrazone groups is 1. The Hall–Kier alpha value is -4.10. The first kappa shape index (κ1) is 22.6. The fourth-order valence-corrected chi connectivity index (χ4v) is 3.88. The van der Waals surface area contributed by atoms with Gasteiger partial charge in [0.15, 0.2) is 5.88 Å². The Balaban J connectivity index is 1.76. The first-order chi connectivity index (χ1) is 15.5. The summed E-state index contributed by atoms with van der Waals surface area (Å²) in [5.74, 6) is -0.838. The fraction of sp³-hybridized carbons (Fsp3) is 0.455. The Morgan fingerprint density at radius 3 is 2.50 bits per heavy atom. The van der Waals surface area contributed by atoms with Crippen LogP contribution >= 0.6 is 0 Å². The van der Waals surface area contributed by atoms with Crippen LogP contribution in [0.4, 0.5) is 5.88 Å². The standard InChI is InChI=1S/C22H22N6O4/c1-25-20-18(21(29)28(26-20)16-6-4-15(5-7-16)22(30)31)14-17-8-9-19(32-17)27(12-2-10-23)13-3-11-24/h8-9,14-16H,2-7,12-13H2,(H,30,31). The number of carboxylic acids is 1. The highest BCUT2D eigenvalue weighted by atomic mass is 16.4. The maximum absolute atomic E-state index is 13.0. The van der Waals surface area contributed by atoms with Gasteiger partial charge in [0.2, 0.25) is 0 Å². The summed E-state index contributed by atoms with van der Waals surface area (Å²) in [5.41, 5.74) is 0.127. The van der Waals surface area contributed by atoms with Crippen LogP contribution in [0.5, 0.6) is 0 Å². The normalized spacial score (nSPS) is 21.5. The largest absolute Gasteiger partial charge is 0.481 e. The van der Waals surface area contributed by atoms with E-state index < -0.39 is 17.8 Å². The van der Waals surface area contributed by atoms with Crippen LogP contribution in [0.2, 0.25) is 0 Å². The third kappa shape index (κ3) is 4.96. The Bertz CT molecular complexity index is 1040. The van der Waals surface area contributed by atoms with Crippen molar-refractivity contribution in [3.8, 4) is 12.1 Å². The van der Waals surface area contributed by atoms with Crippen molar-refractivity contribution in [2.45, 2.75) is 44.6 Å². The highest BCUT2D eigenvalue weighted by Crippen LogP contribution is 2.32. The van der Waals surface area contributed by atoms with Gasteiger partial charge in [0.1, 0.15) is 5.76 Å². The van der Waals surface area contributed by atoms with Crippen LogP contribution in [-0.2, 0) is 9.59 Å². The molecule has 1 saturated carbocycles. The van der Waals surface area contributed by atoms with Gasteiger partial charge in [0.05, 0.1) is 42.5 Å². The van der Waals surface area contributed by atoms with Crippen LogP contribution in [0.1, 0.15) is 44.3 Å². The molecule has 0 atom stereocenters. The van der Waals surface area contributed by atoms with Crippen molar-refractivity contribution in [1.82, 2.24) is 5.01 Å². The van der Waals surface area contributed by atoms with Gasteiger partial charge >= 0.3 is 11.8 Å². The highest BCUT2D eigenvalue weighted by molar-refractivity contribution is 6.29. The zero-order chi connectivity index (χ0) is 23.1. The van der Waals surface area contributed by atoms with E-state index in [4.69, 9.17) is 26.6 Å². The van der Waals surface area contributed by atoms with Crippen molar-refractivity contribution >= 4 is 29.7 Å². The van der Waals surface area contributed by atoms with Crippen molar-refractivity contribution in [1.29, 1.82) is 10.5 Å². The van der Waals surface area contributed by atoms with Crippen molar-refractivity contribution < 1.29 is 19.1 Å². The molecule has 1 aliphatic heterocycles. The van der Waals surface area contributed by atoms with Crippen molar-refractivity contribution in [2.75, 3.05) is 18.0 Å². The first-order valence-electron chi connectivity index (χ1n) is 10.3. The minimum atomic E-state index is -0.825. The van der Waals surface area contributed by atoms with E-state index in [9.17, 15) is 9.59 Å². The zero-order valence-electron chi connectivity index (χ0n) is 17.4. The zero-order valence-corrected chi connectivity index (χ0v) is 17.4. The number of hydrogen-bond donors (Lipinski definition) is 1. The summed E-state index contributed by atoms with van der Waals surface area (Å²) in [5, 5.41) is 32.3. The molecule has 0 radical (unpaired) electrons. The van der Waals surface area contributed by atoms with Gasteiger partial charge in [-0.1, -0.05) is 6.57 Å². The number of carboxylic acid groups (broad SMARTS) is 1. The van der Waals surface area contributed by atoms with E-state index in [-0.39, 0.29) is 30.3 Å². The summed E-state index contributed by atoms with van der Waals surface area (Å²) < 4.78 is 5.80. The molecule has 0 bridgehead atoms. The molecule has 1 aromatic heterocycles. The van der Waals surface area contributed by atoms with Gasteiger partial charge in [-0.2, -0.15) is 10.5 Å². The van der Waals surface area contributed by atoms with E-state index >= 15 is 0 Å². The second kappa shape index (κ2) is 10.3. The Kier molecular flexibility index (Phi) is 7.25. The summed E-state index contributed by atoms with van der Waals surface area (Å²) in [4.78, 5) is 29.3. The quantitative estimate of drug-likeness (QED) is 0.490. The lowest BCUT2D eigenvalue weighted by molar-refractivity contribution is -0.143. The highest BCUT2D eigenvalue weighted by Gasteiger charge is 2.40. The number of furan rings is 1. The number of aliphatic carboxylic acids is 1. The Morgan fingerprint density at radius 2 is 1.94 bits per heavy atom. The number of carbonyl (C=O) groups is 2. The minimum Gasteiger partial charge on any atom is -0.481 e. The van der Waals surface area contributed by atoms with Gasteiger partial charge < -0.3 is 19.3 Å². The molecule has 1 N–H and O–H groups in total. The van der Waals surface area contributed by atoms with Crippen molar-refractivity contribution in [3.63, 3.8) is 0 Å². The monoisotopic (exact) mass is 434 g/mol. The lowest BCUT2D eigenvalue weighted by atomic mass is 9.86. The number of amidine groups is 1. The molecule has 10 heteroatoms.